The summed E-state index contributed by atoms with van der Waals surface area (Å²) in [5, 5.41) is 6.86. The molecule has 1 aliphatic rings. The highest BCUT2D eigenvalue weighted by atomic mass is 16.5. The zero-order valence-electron chi connectivity index (χ0n) is 7.54. The van der Waals surface area contributed by atoms with Crippen LogP contribution in [0.2, 0.25) is 0 Å². The molecule has 1 heterocycles. The molecule has 0 bridgehead atoms. The van der Waals surface area contributed by atoms with Crippen molar-refractivity contribution in [1.29, 1.82) is 0 Å². The van der Waals surface area contributed by atoms with Gasteiger partial charge < -0.3 is 4.74 Å². The standard InChI is InChI=1S/C9H12N2O2/c1-13-9(12)6-2-3-7-5-10-11-8(7)4-6/h5-6H,2-4H2,1H3,(H,10,11)/t6-/m0/s1. The van der Waals surface area contributed by atoms with Crippen LogP contribution in [0.15, 0.2) is 6.20 Å². The van der Waals surface area contributed by atoms with Crippen LogP contribution in [0.1, 0.15) is 17.7 Å². The molecule has 1 atom stereocenters. The molecule has 0 unspecified atom stereocenters. The molecule has 4 heteroatoms. The molecule has 4 nitrogen and oxygen atoms in total. The fraction of sp³-hybridized carbons (Fsp3) is 0.556. The second-order valence-corrected chi connectivity index (χ2v) is 3.34. The fourth-order valence-electron chi connectivity index (χ4n) is 1.78. The van der Waals surface area contributed by atoms with Gasteiger partial charge in [-0.2, -0.15) is 5.10 Å². The highest BCUT2D eigenvalue weighted by molar-refractivity contribution is 5.73. The van der Waals surface area contributed by atoms with Gasteiger partial charge in [-0.1, -0.05) is 0 Å². The molecule has 0 radical (unpaired) electrons. The van der Waals surface area contributed by atoms with E-state index in [9.17, 15) is 4.79 Å². The van der Waals surface area contributed by atoms with E-state index in [1.54, 1.807) is 0 Å². The maximum Gasteiger partial charge on any atom is 0.309 e. The molecule has 0 aromatic carbocycles. The fourth-order valence-corrected chi connectivity index (χ4v) is 1.78. The predicted octanol–water partition coefficient (Wildman–Crippen LogP) is 0.688. The summed E-state index contributed by atoms with van der Waals surface area (Å²) in [6, 6.07) is 0. The van der Waals surface area contributed by atoms with Crippen molar-refractivity contribution in [1.82, 2.24) is 10.2 Å². The number of ether oxygens (including phenoxy) is 1. The highest BCUT2D eigenvalue weighted by Crippen LogP contribution is 2.24. The van der Waals surface area contributed by atoms with Crippen LogP contribution in [0.3, 0.4) is 0 Å². The first kappa shape index (κ1) is 8.29. The molecule has 0 saturated heterocycles. The Hall–Kier alpha value is -1.32. The first-order chi connectivity index (χ1) is 6.31. The first-order valence-electron chi connectivity index (χ1n) is 4.40. The summed E-state index contributed by atoms with van der Waals surface area (Å²) < 4.78 is 4.71. The molecule has 0 spiro atoms. The van der Waals surface area contributed by atoms with Gasteiger partial charge in [0, 0.05) is 12.1 Å². The molecule has 0 aliphatic heterocycles. The number of carbonyl (C=O) groups is 1. The second kappa shape index (κ2) is 3.20. The minimum atomic E-state index is -0.111. The van der Waals surface area contributed by atoms with Crippen LogP contribution in [-0.4, -0.2) is 23.3 Å². The topological polar surface area (TPSA) is 55.0 Å². The molecule has 1 aliphatic carbocycles. The monoisotopic (exact) mass is 180 g/mol. The van der Waals surface area contributed by atoms with Crippen molar-refractivity contribution < 1.29 is 9.53 Å². The van der Waals surface area contributed by atoms with E-state index in [1.807, 2.05) is 6.20 Å². The Labute approximate surface area is 76.3 Å². The van der Waals surface area contributed by atoms with Crippen LogP contribution < -0.4 is 0 Å². The van der Waals surface area contributed by atoms with Crippen molar-refractivity contribution in [2.45, 2.75) is 19.3 Å². The third kappa shape index (κ3) is 1.43. The van der Waals surface area contributed by atoms with Gasteiger partial charge in [-0.05, 0) is 18.4 Å². The minimum Gasteiger partial charge on any atom is -0.469 e. The van der Waals surface area contributed by atoms with Crippen molar-refractivity contribution in [3.05, 3.63) is 17.5 Å². The number of nitrogens with one attached hydrogen (secondary N) is 1. The number of aromatic nitrogens is 2. The molecule has 1 N–H and O–H groups in total. The molecular formula is C9H12N2O2. The van der Waals surface area contributed by atoms with E-state index in [2.05, 4.69) is 10.2 Å². The van der Waals surface area contributed by atoms with Crippen molar-refractivity contribution >= 4 is 5.97 Å². The number of fused-ring (bicyclic) bond motifs is 1. The van der Waals surface area contributed by atoms with Gasteiger partial charge in [-0.3, -0.25) is 9.89 Å². The van der Waals surface area contributed by atoms with E-state index in [0.29, 0.717) is 0 Å². The maximum atomic E-state index is 11.2. The summed E-state index contributed by atoms with van der Waals surface area (Å²) in [6.45, 7) is 0. The summed E-state index contributed by atoms with van der Waals surface area (Å²) >= 11 is 0. The SMILES string of the molecule is COC(=O)[C@H]1CCc2cn[nH]c2C1. The third-order valence-electron chi connectivity index (χ3n) is 2.55. The van der Waals surface area contributed by atoms with Crippen molar-refractivity contribution in [3.63, 3.8) is 0 Å². The van der Waals surface area contributed by atoms with E-state index in [1.165, 1.54) is 12.7 Å². The number of hydrogen-bond donors (Lipinski definition) is 1. The van der Waals surface area contributed by atoms with Gasteiger partial charge in [0.15, 0.2) is 0 Å². The molecule has 0 amide bonds. The molecule has 2 rings (SSSR count). The lowest BCUT2D eigenvalue weighted by molar-refractivity contribution is -0.145. The smallest absolute Gasteiger partial charge is 0.309 e. The Morgan fingerprint density at radius 1 is 1.77 bits per heavy atom. The normalized spacial score (nSPS) is 20.8. The Bertz CT molecular complexity index is 319. The Morgan fingerprint density at radius 2 is 2.62 bits per heavy atom. The number of H-pyrrole nitrogens is 1. The lowest BCUT2D eigenvalue weighted by Gasteiger charge is -2.18. The Kier molecular flexibility index (Phi) is 2.04. The van der Waals surface area contributed by atoms with Crippen LogP contribution in [-0.2, 0) is 22.4 Å². The number of aromatic amines is 1. The zero-order chi connectivity index (χ0) is 9.26. The van der Waals surface area contributed by atoms with Gasteiger partial charge in [0.1, 0.15) is 0 Å². The lowest BCUT2D eigenvalue weighted by atomic mass is 9.88. The third-order valence-corrected chi connectivity index (χ3v) is 2.55. The minimum absolute atomic E-state index is 0.0120. The average Bonchev–Trinajstić information content (AvgIpc) is 2.63. The summed E-state index contributed by atoms with van der Waals surface area (Å²) in [4.78, 5) is 11.2. The van der Waals surface area contributed by atoms with Gasteiger partial charge in [0.05, 0.1) is 19.2 Å². The van der Waals surface area contributed by atoms with Crippen molar-refractivity contribution in [2.24, 2.45) is 5.92 Å². The van der Waals surface area contributed by atoms with Crippen LogP contribution in [0.4, 0.5) is 0 Å². The maximum absolute atomic E-state index is 11.2. The Morgan fingerprint density at radius 3 is 3.38 bits per heavy atom. The Balaban J connectivity index is 2.13. The number of hydrogen-bond acceptors (Lipinski definition) is 3. The average molecular weight is 180 g/mol. The first-order valence-corrected chi connectivity index (χ1v) is 4.40. The molecular weight excluding hydrogens is 168 g/mol. The second-order valence-electron chi connectivity index (χ2n) is 3.34. The predicted molar refractivity (Wildman–Crippen MR) is 46.1 cm³/mol. The molecule has 13 heavy (non-hydrogen) atoms. The van der Waals surface area contributed by atoms with Gasteiger partial charge in [0.25, 0.3) is 0 Å². The number of carbonyl (C=O) groups excluding carboxylic acids is 1. The summed E-state index contributed by atoms with van der Waals surface area (Å²) in [5.41, 5.74) is 2.32. The van der Waals surface area contributed by atoms with Crippen LogP contribution in [0.25, 0.3) is 0 Å². The molecule has 1 aromatic rings. The zero-order valence-corrected chi connectivity index (χ0v) is 7.54. The van der Waals surface area contributed by atoms with E-state index >= 15 is 0 Å². The molecule has 0 fully saturated rings. The van der Waals surface area contributed by atoms with E-state index in [-0.39, 0.29) is 11.9 Å². The van der Waals surface area contributed by atoms with Crippen molar-refractivity contribution in [3.8, 4) is 0 Å². The number of nitrogens with zero attached hydrogens (tertiary/aromatic N) is 1. The van der Waals surface area contributed by atoms with Crippen LogP contribution in [0, 0.1) is 5.92 Å². The molecule has 1 aromatic heterocycles. The number of rotatable bonds is 1. The van der Waals surface area contributed by atoms with Crippen molar-refractivity contribution in [2.75, 3.05) is 7.11 Å². The molecule has 0 saturated carbocycles. The van der Waals surface area contributed by atoms with E-state index in [4.69, 9.17) is 4.74 Å². The largest absolute Gasteiger partial charge is 0.469 e. The van der Waals surface area contributed by atoms with E-state index in [0.717, 1.165) is 25.0 Å². The quantitative estimate of drug-likeness (QED) is 0.647. The van der Waals surface area contributed by atoms with Crippen LogP contribution in [0.5, 0.6) is 0 Å². The van der Waals surface area contributed by atoms with Gasteiger partial charge in [-0.25, -0.2) is 0 Å². The summed E-state index contributed by atoms with van der Waals surface area (Å²) in [5.74, 6) is -0.0989. The number of esters is 1. The number of aryl methyl sites for hydroxylation is 1. The molecule has 70 valence electrons. The highest BCUT2D eigenvalue weighted by Gasteiger charge is 2.26. The van der Waals surface area contributed by atoms with Gasteiger partial charge in [-0.15, -0.1) is 0 Å². The van der Waals surface area contributed by atoms with Gasteiger partial charge >= 0.3 is 5.97 Å². The van der Waals surface area contributed by atoms with Gasteiger partial charge in [0.2, 0.25) is 0 Å². The lowest BCUT2D eigenvalue weighted by Crippen LogP contribution is -2.23. The summed E-state index contributed by atoms with van der Waals surface area (Å²) in [7, 11) is 1.44. The number of methoxy groups -OCH3 is 1. The summed E-state index contributed by atoms with van der Waals surface area (Å²) in [6.07, 6.45) is 4.37. The van der Waals surface area contributed by atoms with E-state index < -0.39 is 0 Å². The van der Waals surface area contributed by atoms with Crippen LogP contribution >= 0.6 is 0 Å².